The van der Waals surface area contributed by atoms with E-state index in [-0.39, 0.29) is 787 Å². The van der Waals surface area contributed by atoms with Gasteiger partial charge in [-0.3, -0.25) is 0 Å². The average molecular weight is 1700 g/mol. The van der Waals surface area contributed by atoms with Crippen molar-refractivity contribution in [3.8, 4) is 0 Å². The Bertz CT molecular complexity index is 0. The highest BCUT2D eigenvalue weighted by Gasteiger charge is 0.0274. The molecule has 0 N–H and O–H groups in total. The third-order valence-electron chi connectivity index (χ3n) is 0. The van der Waals surface area contributed by atoms with Crippen LogP contribution in [-0.2, 0) is 0 Å². The molecule has 0 amide bonds. The quantitative estimate of drug-likeness (QED) is 0.227. The Hall–Kier alpha value is 0. The van der Waals surface area contributed by atoms with E-state index in [1.807, 2.05) is 0 Å². The van der Waals surface area contributed by atoms with Crippen LogP contribution in [0.2, 0.25) is 0 Å². The minimum atomic E-state index is 0. The molecule has 0 nitrogen and oxygen atoms in total. The van der Waals surface area contributed by atoms with Crippen LogP contribution in [0.4, 0.5) is 0 Å². The van der Waals surface area contributed by atoms with E-state index in [0.717, 1.165) is 0 Å². The van der Waals surface area contributed by atoms with E-state index >= 15 is 0 Å². The van der Waals surface area contributed by atoms with Crippen molar-refractivity contribution in [1.82, 2.24) is 0 Å². The van der Waals surface area contributed by atoms with Gasteiger partial charge in [0.2, 0.25) is 0 Å². The van der Waals surface area contributed by atoms with Crippen molar-refractivity contribution in [3.63, 3.8) is 0 Å². The van der Waals surface area contributed by atoms with Crippen LogP contribution in [-0.4, -0.2) is 0 Å². The Balaban J connectivity index is 0. The predicted octanol–water partition coefficient (Wildman–Crippen LogP) is 67.4. The molecule has 0 atom stereocenters. The maximum absolute atomic E-state index is 0. The summed E-state index contributed by atoms with van der Waals surface area (Å²) < 4.78 is 0. The first-order valence-electron chi connectivity index (χ1n) is 0. The van der Waals surface area contributed by atoms with Crippen molar-refractivity contribution in [2.24, 2.45) is 0 Å². The lowest BCUT2D eigenvalue weighted by molar-refractivity contribution is 2.50. The molecule has 0 aromatic rings. The highest BCUT2D eigenvalue weighted by Crippen LogP contribution is 0.249. The number of hydrogen-bond acceptors (Lipinski definition) is 0. The fourth-order valence-corrected chi connectivity index (χ4v) is 0. The zero-order valence-corrected chi connectivity index (χ0v) is 0. The summed E-state index contributed by atoms with van der Waals surface area (Å²) in [5.41, 5.74) is 0. The van der Waals surface area contributed by atoms with Gasteiger partial charge in [0.1, 0.15) is 0 Å². The fourth-order valence-electron chi connectivity index (χ4n) is 0. The second-order valence-electron chi connectivity index (χ2n) is 0. The van der Waals surface area contributed by atoms with Gasteiger partial charge in [0, 0.05) is 0 Å². The van der Waals surface area contributed by atoms with Crippen molar-refractivity contribution in [3.05, 3.63) is 0 Å². The molecule has 0 fully saturated rings. The van der Waals surface area contributed by atoms with E-state index in [9.17, 15) is 0 Å². The Labute approximate surface area is 783 Å². The van der Waals surface area contributed by atoms with Crippen molar-refractivity contribution in [2.75, 3.05) is 0 Å². The standard InChI is InChI=1S/106CH4/h106*1H4. The average Bonchev–Trinajstić information content (AvgIpc) is 0. The smallest absolute Gasteiger partial charge is 0.0776 e. The number of hydrogen-bond donors (Lipinski definition) is 0. The molecule has 0 spiro atoms. The van der Waals surface area contributed by atoms with Crippen LogP contribution in [0, 0.1) is 0 Å². The van der Waals surface area contributed by atoms with Gasteiger partial charge in [-0.25, -0.2) is 0 Å². The molecule has 0 saturated carbocycles. The Morgan fingerprint density at radius 2 is 0.00943 bits per heavy atom. The molecule has 0 bridgehead atoms. The second-order valence-corrected chi connectivity index (χ2v) is 0. The molecule has 0 aromatic carbocycles. The molecule has 0 saturated heterocycles. The normalized spacial score (nSPS) is 0. The van der Waals surface area contributed by atoms with Crippen LogP contribution in [0.25, 0.3) is 0 Å². The van der Waals surface area contributed by atoms with Crippen LogP contribution in [0.5, 0.6) is 0 Å². The first-order valence-corrected chi connectivity index (χ1v) is 0. The molecule has 0 rings (SSSR count). The molecular weight excluding hydrogens is 1270 g/mol. The van der Waals surface area contributed by atoms with Crippen LogP contribution in [0.3, 0.4) is 0 Å². The van der Waals surface area contributed by atoms with E-state index in [0.29, 0.717) is 0 Å². The van der Waals surface area contributed by atoms with Crippen molar-refractivity contribution in [1.29, 1.82) is 0 Å². The van der Waals surface area contributed by atoms with Crippen LogP contribution >= 0.6 is 0 Å². The highest BCUT2D eigenvalue weighted by molar-refractivity contribution is 2.61. The van der Waals surface area contributed by atoms with Crippen LogP contribution < -0.4 is 0 Å². The van der Waals surface area contributed by atoms with E-state index in [1.54, 1.807) is 0 Å². The molecule has 0 heterocycles. The minimum Gasteiger partial charge on any atom is -0.0776 e. The summed E-state index contributed by atoms with van der Waals surface area (Å²) in [6.45, 7) is 0. The summed E-state index contributed by atoms with van der Waals surface area (Å²) in [5, 5.41) is 0. The summed E-state index contributed by atoms with van der Waals surface area (Å²) in [4.78, 5) is 0. The summed E-state index contributed by atoms with van der Waals surface area (Å²) in [5.74, 6) is 0. The van der Waals surface area contributed by atoms with E-state index in [2.05, 4.69) is 0 Å². The summed E-state index contributed by atoms with van der Waals surface area (Å²) in [6.07, 6.45) is 0. The lowest BCUT2D eigenvalue weighted by Gasteiger charge is -0.0786. The zero-order valence-electron chi connectivity index (χ0n) is 0. The van der Waals surface area contributed by atoms with Gasteiger partial charge in [-0.2, -0.15) is 0 Å². The summed E-state index contributed by atoms with van der Waals surface area (Å²) in [7, 11) is 0. The van der Waals surface area contributed by atoms with Gasteiger partial charge in [0.25, 0.3) is 0 Å². The predicted molar refractivity (Wildman–Crippen MR) is 713 cm³/mol. The topological polar surface area (TPSA) is 0 Å². The molecule has 0 aliphatic carbocycles. The van der Waals surface area contributed by atoms with Gasteiger partial charge in [-0.1, -0.05) is 787 Å². The fraction of sp³-hybridized carbons (Fsp3) is 1.00. The van der Waals surface area contributed by atoms with E-state index < -0.39 is 0 Å². The van der Waals surface area contributed by atoms with Gasteiger partial charge in [-0.15, -0.1) is 0 Å². The summed E-state index contributed by atoms with van der Waals surface area (Å²) in [6, 6.07) is 0. The van der Waals surface area contributed by atoms with Gasteiger partial charge in [0.15, 0.2) is 0 Å². The second kappa shape index (κ2) is 0. The lowest BCUT2D eigenvalue weighted by atomic mass is 12.0. The lowest BCUT2D eigenvalue weighted by Crippen LogP contribution is 0.143. The SMILES string of the molecule is C.C.C.C.C.C.C.C.C.C.C.C.C.C.C.C.C.C.C.C.C.C.C.C.C.C.C.C.C.C.C.C.C.C.C.C.C.C.C.C.C.C.C.C.C.C.C.C.C.C.C.C.C.C.C.C.C.C.C.C.C.C.C.C.C.C.C.C.C.C.C.C.C.C.C.C.C.C.C.C.C.C.C.C.C.C.C.C.C.C.C.C.C.C.C.C.C.C.C.C.C.C.C.C.C.C. The molecule has 0 radical (unpaired) electrons. The Morgan fingerprint density at radius 1 is 0.00943 bits per heavy atom. The maximum atomic E-state index is 0. The molecule has 848 valence electrons. The number of rotatable bonds is 0. The molecular formula is C106H424. The van der Waals surface area contributed by atoms with Gasteiger partial charge in [0.05, 0.1) is 0 Å². The van der Waals surface area contributed by atoms with Gasteiger partial charge < -0.3 is 0 Å². The van der Waals surface area contributed by atoms with E-state index in [1.165, 1.54) is 0 Å². The monoisotopic (exact) mass is 1700 g/mol. The third kappa shape index (κ3) is 0. The van der Waals surface area contributed by atoms with Crippen LogP contribution in [0.1, 0.15) is 787 Å². The van der Waals surface area contributed by atoms with Crippen LogP contribution in [0.15, 0.2) is 0 Å². The van der Waals surface area contributed by atoms with Crippen molar-refractivity contribution < 1.29 is 0 Å². The Kier molecular flexibility index (Phi) is 0. The largest absolute Gasteiger partial charge is 0.0776 e. The van der Waals surface area contributed by atoms with Crippen molar-refractivity contribution in [2.45, 2.75) is 787 Å². The van der Waals surface area contributed by atoms with Gasteiger partial charge >= 0.3 is 0 Å². The first-order chi connectivity index (χ1) is 0. The molecule has 106 heavy (non-hydrogen) atoms. The molecule has 0 aromatic heterocycles. The van der Waals surface area contributed by atoms with Gasteiger partial charge in [-0.05, 0) is 0 Å². The van der Waals surface area contributed by atoms with E-state index in [4.69, 9.17) is 0 Å². The summed E-state index contributed by atoms with van der Waals surface area (Å²) >= 11 is 0. The third-order valence-corrected chi connectivity index (χ3v) is 0. The highest BCUT2D eigenvalue weighted by atomic mass is 12.1. The van der Waals surface area contributed by atoms with Crippen molar-refractivity contribution >= 4 is 0 Å². The maximum Gasteiger partial charge on any atom is -0.0776 e. The Morgan fingerprint density at radius 3 is 0.00943 bits per heavy atom. The molecule has 0 aliphatic rings. The zero-order chi connectivity index (χ0) is 0. The first kappa shape index (κ1) is 0. The molecule has 0 aliphatic heterocycles. The minimum absolute atomic E-state index is 0. The molecule has 0 heteroatoms. The molecule has 0 unspecified atom stereocenters.